The minimum Gasteiger partial charge on any atom is -0.476 e. The monoisotopic (exact) mass is 239 g/mol. The Bertz CT molecular complexity index is 354. The van der Waals surface area contributed by atoms with E-state index in [1.165, 1.54) is 0 Å². The second-order valence-corrected chi connectivity index (χ2v) is 4.40. The number of rotatable bonds is 6. The SMILES string of the molecule is CC(C)c1nc(NN)cc(OCCN(C)C)n1. The van der Waals surface area contributed by atoms with E-state index in [1.807, 2.05) is 32.8 Å². The number of nitrogens with one attached hydrogen (secondary N) is 1. The third-order valence-electron chi connectivity index (χ3n) is 2.17. The maximum Gasteiger partial charge on any atom is 0.218 e. The highest BCUT2D eigenvalue weighted by Gasteiger charge is 2.08. The second kappa shape index (κ2) is 6.36. The van der Waals surface area contributed by atoms with Crippen LogP contribution < -0.4 is 16.0 Å². The number of likely N-dealkylation sites (N-methyl/N-ethyl adjacent to an activating group) is 1. The summed E-state index contributed by atoms with van der Waals surface area (Å²) in [7, 11) is 3.99. The summed E-state index contributed by atoms with van der Waals surface area (Å²) in [5, 5.41) is 0. The topological polar surface area (TPSA) is 76.3 Å². The van der Waals surface area contributed by atoms with Gasteiger partial charge in [-0.2, -0.15) is 4.98 Å². The number of hydrogen-bond acceptors (Lipinski definition) is 6. The van der Waals surface area contributed by atoms with E-state index >= 15 is 0 Å². The van der Waals surface area contributed by atoms with Crippen LogP contribution in [0.2, 0.25) is 0 Å². The number of nitrogen functional groups attached to an aromatic ring is 1. The molecule has 0 saturated heterocycles. The van der Waals surface area contributed by atoms with Gasteiger partial charge in [0.05, 0.1) is 0 Å². The molecule has 1 rings (SSSR count). The molecule has 0 fully saturated rings. The third-order valence-corrected chi connectivity index (χ3v) is 2.17. The van der Waals surface area contributed by atoms with Crippen molar-refractivity contribution < 1.29 is 4.74 Å². The van der Waals surface area contributed by atoms with Crippen molar-refractivity contribution in [1.29, 1.82) is 0 Å². The van der Waals surface area contributed by atoms with E-state index in [2.05, 4.69) is 15.4 Å². The van der Waals surface area contributed by atoms with E-state index in [0.29, 0.717) is 18.3 Å². The van der Waals surface area contributed by atoms with Crippen molar-refractivity contribution in [2.75, 3.05) is 32.7 Å². The molecule has 0 atom stereocenters. The van der Waals surface area contributed by atoms with Crippen molar-refractivity contribution in [3.8, 4) is 5.88 Å². The van der Waals surface area contributed by atoms with E-state index in [9.17, 15) is 0 Å². The van der Waals surface area contributed by atoms with E-state index in [0.717, 1.165) is 12.4 Å². The summed E-state index contributed by atoms with van der Waals surface area (Å²) in [6, 6.07) is 1.70. The lowest BCUT2D eigenvalue weighted by Gasteiger charge is -2.12. The molecule has 1 heterocycles. The molecule has 0 spiro atoms. The molecule has 96 valence electrons. The molecule has 6 nitrogen and oxygen atoms in total. The molecular weight excluding hydrogens is 218 g/mol. The fraction of sp³-hybridized carbons (Fsp3) is 0.636. The van der Waals surface area contributed by atoms with Crippen LogP contribution in [0.3, 0.4) is 0 Å². The van der Waals surface area contributed by atoms with Crippen LogP contribution >= 0.6 is 0 Å². The lowest BCUT2D eigenvalue weighted by atomic mass is 10.2. The molecule has 0 amide bonds. The molecule has 0 radical (unpaired) electrons. The zero-order valence-electron chi connectivity index (χ0n) is 10.9. The van der Waals surface area contributed by atoms with Gasteiger partial charge in [-0.15, -0.1) is 0 Å². The fourth-order valence-electron chi connectivity index (χ4n) is 1.18. The molecule has 0 aliphatic carbocycles. The van der Waals surface area contributed by atoms with Gasteiger partial charge < -0.3 is 15.1 Å². The van der Waals surface area contributed by atoms with E-state index in [-0.39, 0.29) is 5.92 Å². The van der Waals surface area contributed by atoms with Crippen molar-refractivity contribution in [2.45, 2.75) is 19.8 Å². The largest absolute Gasteiger partial charge is 0.476 e. The van der Waals surface area contributed by atoms with Crippen molar-refractivity contribution in [3.05, 3.63) is 11.9 Å². The van der Waals surface area contributed by atoms with E-state index < -0.39 is 0 Å². The molecule has 0 aliphatic heterocycles. The van der Waals surface area contributed by atoms with Crippen molar-refractivity contribution in [2.24, 2.45) is 5.84 Å². The summed E-state index contributed by atoms with van der Waals surface area (Å²) >= 11 is 0. The Morgan fingerprint density at radius 3 is 2.65 bits per heavy atom. The summed E-state index contributed by atoms with van der Waals surface area (Å²) in [6.45, 7) is 5.48. The van der Waals surface area contributed by atoms with Gasteiger partial charge in [-0.1, -0.05) is 13.8 Å². The maximum atomic E-state index is 5.56. The second-order valence-electron chi connectivity index (χ2n) is 4.40. The fourth-order valence-corrected chi connectivity index (χ4v) is 1.18. The highest BCUT2D eigenvalue weighted by molar-refractivity contribution is 5.37. The molecule has 3 N–H and O–H groups in total. The third kappa shape index (κ3) is 4.54. The number of anilines is 1. The summed E-state index contributed by atoms with van der Waals surface area (Å²) in [6.07, 6.45) is 0. The van der Waals surface area contributed by atoms with Crippen LogP contribution in [0.4, 0.5) is 5.82 Å². The first-order valence-corrected chi connectivity index (χ1v) is 5.66. The van der Waals surface area contributed by atoms with Gasteiger partial charge in [-0.25, -0.2) is 10.8 Å². The van der Waals surface area contributed by atoms with Crippen LogP contribution in [0.1, 0.15) is 25.6 Å². The van der Waals surface area contributed by atoms with Crippen LogP contribution in [0.5, 0.6) is 5.88 Å². The number of nitrogens with two attached hydrogens (primary N) is 1. The van der Waals surface area contributed by atoms with Crippen LogP contribution in [0, 0.1) is 0 Å². The predicted octanol–water partition coefficient (Wildman–Crippen LogP) is 0.826. The molecule has 0 unspecified atom stereocenters. The first kappa shape index (κ1) is 13.7. The number of nitrogens with zero attached hydrogens (tertiary/aromatic N) is 3. The van der Waals surface area contributed by atoms with Gasteiger partial charge in [0.15, 0.2) is 0 Å². The summed E-state index contributed by atoms with van der Waals surface area (Å²) < 4.78 is 5.56. The van der Waals surface area contributed by atoms with Gasteiger partial charge in [0.25, 0.3) is 0 Å². The Labute approximate surface area is 102 Å². The summed E-state index contributed by atoms with van der Waals surface area (Å²) in [4.78, 5) is 10.6. The van der Waals surface area contributed by atoms with Gasteiger partial charge in [-0.05, 0) is 14.1 Å². The molecule has 6 heteroatoms. The maximum absolute atomic E-state index is 5.56. The Morgan fingerprint density at radius 2 is 2.12 bits per heavy atom. The molecule has 0 bridgehead atoms. The standard InChI is InChI=1S/C11H21N5O/c1-8(2)11-13-9(15-12)7-10(14-11)17-6-5-16(3)4/h7-8H,5-6,12H2,1-4H3,(H,13,14,15). The van der Waals surface area contributed by atoms with Crippen LogP contribution in [0.25, 0.3) is 0 Å². The van der Waals surface area contributed by atoms with Crippen molar-refractivity contribution in [1.82, 2.24) is 14.9 Å². The van der Waals surface area contributed by atoms with Gasteiger partial charge in [0.2, 0.25) is 5.88 Å². The Kier molecular flexibility index (Phi) is 5.11. The zero-order valence-corrected chi connectivity index (χ0v) is 10.9. The van der Waals surface area contributed by atoms with Crippen molar-refractivity contribution in [3.63, 3.8) is 0 Å². The summed E-state index contributed by atoms with van der Waals surface area (Å²) in [5.74, 6) is 7.45. The Balaban J connectivity index is 2.73. The van der Waals surface area contributed by atoms with Gasteiger partial charge in [-0.3, -0.25) is 0 Å². The van der Waals surface area contributed by atoms with Crippen LogP contribution in [-0.2, 0) is 0 Å². The normalized spacial score (nSPS) is 11.0. The predicted molar refractivity (Wildman–Crippen MR) is 68.0 cm³/mol. The molecule has 17 heavy (non-hydrogen) atoms. The smallest absolute Gasteiger partial charge is 0.218 e. The Morgan fingerprint density at radius 1 is 1.41 bits per heavy atom. The quantitative estimate of drug-likeness (QED) is 0.565. The number of hydrazine groups is 1. The average molecular weight is 239 g/mol. The first-order valence-electron chi connectivity index (χ1n) is 5.66. The number of ether oxygens (including phenoxy) is 1. The van der Waals surface area contributed by atoms with Gasteiger partial charge >= 0.3 is 0 Å². The minimum absolute atomic E-state index is 0.236. The molecule has 1 aromatic rings. The average Bonchev–Trinajstić information content (AvgIpc) is 2.28. The molecule has 0 saturated carbocycles. The Hall–Kier alpha value is -1.40. The molecule has 0 aliphatic rings. The van der Waals surface area contributed by atoms with Crippen molar-refractivity contribution >= 4 is 5.82 Å². The van der Waals surface area contributed by atoms with Crippen LogP contribution in [-0.4, -0.2) is 42.1 Å². The van der Waals surface area contributed by atoms with Crippen LogP contribution in [0.15, 0.2) is 6.07 Å². The highest BCUT2D eigenvalue weighted by Crippen LogP contribution is 2.17. The first-order chi connectivity index (χ1) is 8.02. The van der Waals surface area contributed by atoms with Gasteiger partial charge in [0.1, 0.15) is 18.2 Å². The highest BCUT2D eigenvalue weighted by atomic mass is 16.5. The number of aromatic nitrogens is 2. The molecule has 0 aromatic carbocycles. The van der Waals surface area contributed by atoms with Gasteiger partial charge in [0, 0.05) is 18.5 Å². The van der Waals surface area contributed by atoms with E-state index in [4.69, 9.17) is 10.6 Å². The number of hydrogen-bond donors (Lipinski definition) is 2. The lowest BCUT2D eigenvalue weighted by molar-refractivity contribution is 0.253. The molecular formula is C11H21N5O. The molecule has 1 aromatic heterocycles. The van der Waals surface area contributed by atoms with E-state index in [1.54, 1.807) is 6.07 Å². The lowest BCUT2D eigenvalue weighted by Crippen LogP contribution is -2.20. The zero-order chi connectivity index (χ0) is 12.8. The summed E-state index contributed by atoms with van der Waals surface area (Å²) in [5.41, 5.74) is 2.52. The minimum atomic E-state index is 0.236.